The highest BCUT2D eigenvalue weighted by atomic mass is 16.2. The number of aryl methyl sites for hydroxylation is 3. The van der Waals surface area contributed by atoms with Crippen molar-refractivity contribution in [3.8, 4) is 5.69 Å². The van der Waals surface area contributed by atoms with E-state index >= 15 is 0 Å². The molecule has 1 aliphatic heterocycles. The molecule has 1 N–H and O–H groups in total. The van der Waals surface area contributed by atoms with Gasteiger partial charge in [0.1, 0.15) is 5.92 Å². The van der Waals surface area contributed by atoms with Crippen LogP contribution in [-0.4, -0.2) is 38.6 Å². The van der Waals surface area contributed by atoms with Gasteiger partial charge in [-0.1, -0.05) is 12.1 Å². The molecule has 0 saturated carbocycles. The highest BCUT2D eigenvalue weighted by Crippen LogP contribution is 2.28. The Labute approximate surface area is 168 Å². The van der Waals surface area contributed by atoms with Gasteiger partial charge in [0, 0.05) is 17.9 Å². The van der Waals surface area contributed by atoms with Gasteiger partial charge in [-0.15, -0.1) is 5.10 Å². The van der Waals surface area contributed by atoms with Gasteiger partial charge in [0.2, 0.25) is 11.8 Å². The fraction of sp³-hybridized carbons (Fsp3) is 0.286. The van der Waals surface area contributed by atoms with Crippen molar-refractivity contribution < 1.29 is 9.59 Å². The molecule has 4 rings (SSSR count). The van der Waals surface area contributed by atoms with Crippen LogP contribution in [0, 0.1) is 26.7 Å². The van der Waals surface area contributed by atoms with Gasteiger partial charge in [-0.25, -0.2) is 0 Å². The quantitative estimate of drug-likeness (QED) is 0.691. The molecule has 2 aromatic carbocycles. The van der Waals surface area contributed by atoms with Crippen LogP contribution in [0.25, 0.3) is 5.69 Å². The van der Waals surface area contributed by atoms with Crippen molar-refractivity contribution in [3.05, 3.63) is 59.4 Å². The van der Waals surface area contributed by atoms with Crippen molar-refractivity contribution in [2.75, 3.05) is 16.8 Å². The third kappa shape index (κ3) is 3.61. The van der Waals surface area contributed by atoms with Gasteiger partial charge in [-0.05, 0) is 79.1 Å². The molecule has 8 heteroatoms. The Kier molecular flexibility index (Phi) is 4.84. The molecule has 2 heterocycles. The summed E-state index contributed by atoms with van der Waals surface area (Å²) in [5.74, 6) is -0.524. The van der Waals surface area contributed by atoms with E-state index in [0.29, 0.717) is 24.5 Å². The number of aromatic nitrogens is 4. The van der Waals surface area contributed by atoms with Gasteiger partial charge in [0.15, 0.2) is 5.82 Å². The molecule has 0 unspecified atom stereocenters. The number of nitrogens with one attached hydrogen (secondary N) is 1. The van der Waals surface area contributed by atoms with Crippen molar-refractivity contribution in [1.82, 2.24) is 20.2 Å². The SMILES string of the molecule is Cc1ccc(N2CC[C@H](C(=O)Nc3cccc(-n4nnnc4C)c3)C2=O)cc1C. The number of nitrogens with zero attached hydrogens (tertiary/aromatic N) is 5. The molecular formula is C21H22N6O2. The number of hydrogen-bond donors (Lipinski definition) is 1. The Morgan fingerprint density at radius 3 is 2.62 bits per heavy atom. The Hall–Kier alpha value is -3.55. The molecular weight excluding hydrogens is 368 g/mol. The van der Waals surface area contributed by atoms with E-state index in [4.69, 9.17) is 0 Å². The van der Waals surface area contributed by atoms with E-state index in [-0.39, 0.29) is 11.8 Å². The van der Waals surface area contributed by atoms with Crippen molar-refractivity contribution >= 4 is 23.2 Å². The van der Waals surface area contributed by atoms with Crippen LogP contribution in [0.15, 0.2) is 42.5 Å². The first-order valence-corrected chi connectivity index (χ1v) is 9.49. The number of amides is 2. The number of carbonyl (C=O) groups is 2. The lowest BCUT2D eigenvalue weighted by Gasteiger charge is -2.18. The predicted molar refractivity (Wildman–Crippen MR) is 109 cm³/mol. The zero-order chi connectivity index (χ0) is 20.5. The van der Waals surface area contributed by atoms with E-state index < -0.39 is 5.92 Å². The molecule has 148 valence electrons. The Morgan fingerprint density at radius 2 is 1.90 bits per heavy atom. The standard InChI is InChI=1S/C21H22N6O2/c1-13-7-8-17(11-14(13)2)26-10-9-19(21(26)29)20(28)22-16-5-4-6-18(12-16)27-15(3)23-24-25-27/h4-8,11-12,19H,9-10H2,1-3H3,(H,22,28)/t19-/m1/s1. The lowest BCUT2D eigenvalue weighted by molar-refractivity contribution is -0.129. The lowest BCUT2D eigenvalue weighted by atomic mass is 10.1. The van der Waals surface area contributed by atoms with E-state index in [9.17, 15) is 9.59 Å². The molecule has 0 spiro atoms. The molecule has 2 amide bonds. The second kappa shape index (κ2) is 7.46. The minimum atomic E-state index is -0.699. The molecule has 8 nitrogen and oxygen atoms in total. The normalized spacial score (nSPS) is 16.3. The second-order valence-electron chi connectivity index (χ2n) is 7.28. The molecule has 1 saturated heterocycles. The van der Waals surface area contributed by atoms with E-state index in [0.717, 1.165) is 16.9 Å². The molecule has 0 radical (unpaired) electrons. The zero-order valence-corrected chi connectivity index (χ0v) is 16.6. The first kappa shape index (κ1) is 18.8. The van der Waals surface area contributed by atoms with E-state index in [2.05, 4.69) is 20.8 Å². The number of rotatable bonds is 4. The first-order valence-electron chi connectivity index (χ1n) is 9.49. The molecule has 29 heavy (non-hydrogen) atoms. The van der Waals surface area contributed by atoms with Crippen molar-refractivity contribution in [2.24, 2.45) is 5.92 Å². The molecule has 1 aliphatic rings. The molecule has 1 atom stereocenters. The minimum absolute atomic E-state index is 0.168. The number of carbonyl (C=O) groups excluding carboxylic acids is 2. The molecule has 1 aromatic heterocycles. The Morgan fingerprint density at radius 1 is 1.07 bits per heavy atom. The van der Waals surface area contributed by atoms with Crippen LogP contribution in [0.2, 0.25) is 0 Å². The van der Waals surface area contributed by atoms with Gasteiger partial charge in [-0.3, -0.25) is 9.59 Å². The summed E-state index contributed by atoms with van der Waals surface area (Å²) in [5, 5.41) is 14.3. The van der Waals surface area contributed by atoms with Crippen LogP contribution >= 0.6 is 0 Å². The summed E-state index contributed by atoms with van der Waals surface area (Å²) < 4.78 is 1.58. The van der Waals surface area contributed by atoms with E-state index in [1.54, 1.807) is 28.6 Å². The predicted octanol–water partition coefficient (Wildman–Crippen LogP) is 2.58. The highest BCUT2D eigenvalue weighted by molar-refractivity contribution is 6.13. The van der Waals surface area contributed by atoms with Crippen molar-refractivity contribution in [2.45, 2.75) is 27.2 Å². The fourth-order valence-corrected chi connectivity index (χ4v) is 3.49. The minimum Gasteiger partial charge on any atom is -0.325 e. The van der Waals surface area contributed by atoms with E-state index in [1.165, 1.54) is 5.56 Å². The number of hydrogen-bond acceptors (Lipinski definition) is 5. The molecule has 0 aliphatic carbocycles. The number of anilines is 2. The maximum absolute atomic E-state index is 12.9. The maximum Gasteiger partial charge on any atom is 0.239 e. The summed E-state index contributed by atoms with van der Waals surface area (Å²) in [4.78, 5) is 27.3. The van der Waals surface area contributed by atoms with Crippen LogP contribution in [0.5, 0.6) is 0 Å². The van der Waals surface area contributed by atoms with Crippen LogP contribution in [0.3, 0.4) is 0 Å². The monoisotopic (exact) mass is 390 g/mol. The summed E-state index contributed by atoms with van der Waals surface area (Å²) >= 11 is 0. The number of benzene rings is 2. The summed E-state index contributed by atoms with van der Waals surface area (Å²) in [6, 6.07) is 13.1. The van der Waals surface area contributed by atoms with Crippen molar-refractivity contribution in [3.63, 3.8) is 0 Å². The summed E-state index contributed by atoms with van der Waals surface area (Å²) in [6.45, 7) is 6.38. The van der Waals surface area contributed by atoms with Gasteiger partial charge >= 0.3 is 0 Å². The van der Waals surface area contributed by atoms with Crippen LogP contribution in [0.4, 0.5) is 11.4 Å². The maximum atomic E-state index is 12.9. The summed E-state index contributed by atoms with van der Waals surface area (Å²) in [6.07, 6.45) is 0.489. The lowest BCUT2D eigenvalue weighted by Crippen LogP contribution is -2.33. The van der Waals surface area contributed by atoms with Crippen LogP contribution in [-0.2, 0) is 9.59 Å². The Balaban J connectivity index is 1.49. The van der Waals surface area contributed by atoms with Gasteiger partial charge in [-0.2, -0.15) is 4.68 Å². The highest BCUT2D eigenvalue weighted by Gasteiger charge is 2.37. The third-order valence-corrected chi connectivity index (χ3v) is 5.31. The van der Waals surface area contributed by atoms with Gasteiger partial charge in [0.25, 0.3) is 0 Å². The van der Waals surface area contributed by atoms with Gasteiger partial charge in [0.05, 0.1) is 5.69 Å². The second-order valence-corrected chi connectivity index (χ2v) is 7.28. The van der Waals surface area contributed by atoms with Crippen LogP contribution in [0.1, 0.15) is 23.4 Å². The smallest absolute Gasteiger partial charge is 0.239 e. The zero-order valence-electron chi connectivity index (χ0n) is 16.6. The molecule has 1 fully saturated rings. The average Bonchev–Trinajstić information content (AvgIpc) is 3.30. The number of tetrazole rings is 1. The summed E-state index contributed by atoms with van der Waals surface area (Å²) in [7, 11) is 0. The third-order valence-electron chi connectivity index (χ3n) is 5.31. The average molecular weight is 390 g/mol. The topological polar surface area (TPSA) is 93.0 Å². The summed E-state index contributed by atoms with van der Waals surface area (Å²) in [5.41, 5.74) is 4.47. The Bertz CT molecular complexity index is 1090. The van der Waals surface area contributed by atoms with Crippen LogP contribution < -0.4 is 10.2 Å². The van der Waals surface area contributed by atoms with E-state index in [1.807, 2.05) is 44.2 Å². The fourth-order valence-electron chi connectivity index (χ4n) is 3.49. The first-order chi connectivity index (χ1) is 13.9. The molecule has 0 bridgehead atoms. The van der Waals surface area contributed by atoms with Crippen molar-refractivity contribution in [1.29, 1.82) is 0 Å². The van der Waals surface area contributed by atoms with Gasteiger partial charge < -0.3 is 10.2 Å². The largest absolute Gasteiger partial charge is 0.325 e. The molecule has 3 aromatic rings.